The van der Waals surface area contributed by atoms with Crippen LogP contribution in [-0.2, 0) is 13.0 Å². The maximum atomic E-state index is 13.2. The van der Waals surface area contributed by atoms with Gasteiger partial charge in [0.1, 0.15) is 0 Å². The monoisotopic (exact) mass is 373 g/mol. The second-order valence-electron chi connectivity index (χ2n) is 7.02. The lowest BCUT2D eigenvalue weighted by Gasteiger charge is -2.17. The Kier molecular flexibility index (Phi) is 6.99. The van der Waals surface area contributed by atoms with Crippen molar-refractivity contribution in [3.63, 3.8) is 0 Å². The molecule has 2 N–H and O–H groups in total. The molecule has 1 unspecified atom stereocenters. The van der Waals surface area contributed by atoms with E-state index in [4.69, 9.17) is 0 Å². The highest BCUT2D eigenvalue weighted by atomic mass is 16.3. The van der Waals surface area contributed by atoms with Gasteiger partial charge in [0.15, 0.2) is 0 Å². The van der Waals surface area contributed by atoms with Crippen LogP contribution in [0.4, 0.5) is 0 Å². The topological polar surface area (TPSA) is 49.3 Å². The predicted molar refractivity (Wildman–Crippen MR) is 114 cm³/mol. The van der Waals surface area contributed by atoms with Crippen LogP contribution in [0.1, 0.15) is 41.3 Å². The number of hydrogen-bond acceptors (Lipinski definition) is 2. The molecule has 0 saturated carbocycles. The molecule has 0 aromatic heterocycles. The van der Waals surface area contributed by atoms with Gasteiger partial charge in [-0.2, -0.15) is 0 Å². The van der Waals surface area contributed by atoms with Crippen molar-refractivity contribution >= 4 is 5.91 Å². The number of hydrogen-bond donors (Lipinski definition) is 2. The largest absolute Gasteiger partial charge is 0.393 e. The summed E-state index contributed by atoms with van der Waals surface area (Å²) in [6.45, 7) is 2.52. The number of rotatable bonds is 8. The smallest absolute Gasteiger partial charge is 0.252 e. The van der Waals surface area contributed by atoms with Crippen molar-refractivity contribution in [2.75, 3.05) is 0 Å². The first-order valence-corrected chi connectivity index (χ1v) is 9.86. The Morgan fingerprint density at radius 2 is 1.61 bits per heavy atom. The quantitative estimate of drug-likeness (QED) is 0.585. The van der Waals surface area contributed by atoms with Gasteiger partial charge in [-0.15, -0.1) is 0 Å². The van der Waals surface area contributed by atoms with Gasteiger partial charge in [-0.25, -0.2) is 0 Å². The number of benzene rings is 3. The van der Waals surface area contributed by atoms with Crippen LogP contribution in [0.3, 0.4) is 0 Å². The maximum Gasteiger partial charge on any atom is 0.252 e. The Labute approximate surface area is 167 Å². The summed E-state index contributed by atoms with van der Waals surface area (Å²) in [5.41, 5.74) is 4.49. The highest BCUT2D eigenvalue weighted by Crippen LogP contribution is 2.27. The second kappa shape index (κ2) is 9.86. The van der Waals surface area contributed by atoms with E-state index in [1.54, 1.807) is 0 Å². The van der Waals surface area contributed by atoms with Crippen molar-refractivity contribution < 1.29 is 9.90 Å². The molecule has 0 aliphatic heterocycles. The molecule has 0 aliphatic carbocycles. The van der Waals surface area contributed by atoms with Gasteiger partial charge in [-0.05, 0) is 35.1 Å². The molecular formula is C25H27NO2. The molecule has 3 nitrogen and oxygen atoms in total. The summed E-state index contributed by atoms with van der Waals surface area (Å²) in [7, 11) is 0. The lowest BCUT2D eigenvalue weighted by atomic mass is 9.91. The van der Waals surface area contributed by atoms with Crippen LogP contribution in [0.2, 0.25) is 0 Å². The molecule has 0 heterocycles. The van der Waals surface area contributed by atoms with Gasteiger partial charge in [-0.3, -0.25) is 4.79 Å². The molecular weight excluding hydrogens is 346 g/mol. The first-order valence-electron chi connectivity index (χ1n) is 9.86. The molecule has 0 radical (unpaired) electrons. The fourth-order valence-corrected chi connectivity index (χ4v) is 3.45. The molecule has 3 rings (SSSR count). The predicted octanol–water partition coefficient (Wildman–Crippen LogP) is 4.99. The first-order chi connectivity index (χ1) is 13.7. The first kappa shape index (κ1) is 19.8. The third-order valence-corrected chi connectivity index (χ3v) is 4.84. The molecule has 1 atom stereocenters. The van der Waals surface area contributed by atoms with Crippen molar-refractivity contribution in [3.8, 4) is 11.1 Å². The molecule has 0 fully saturated rings. The molecule has 1 amide bonds. The van der Waals surface area contributed by atoms with Crippen molar-refractivity contribution in [3.05, 3.63) is 95.6 Å². The van der Waals surface area contributed by atoms with Gasteiger partial charge in [0, 0.05) is 6.54 Å². The van der Waals surface area contributed by atoms with Crippen molar-refractivity contribution in [1.29, 1.82) is 0 Å². The van der Waals surface area contributed by atoms with Crippen LogP contribution in [0.25, 0.3) is 11.1 Å². The minimum Gasteiger partial charge on any atom is -0.393 e. The Balaban J connectivity index is 1.93. The zero-order valence-electron chi connectivity index (χ0n) is 16.3. The van der Waals surface area contributed by atoms with Crippen molar-refractivity contribution in [2.24, 2.45) is 0 Å². The summed E-state index contributed by atoms with van der Waals surface area (Å²) in [5.74, 6) is -0.109. The molecule has 0 bridgehead atoms. The molecule has 0 saturated heterocycles. The Morgan fingerprint density at radius 3 is 2.29 bits per heavy atom. The molecule has 3 aromatic carbocycles. The summed E-state index contributed by atoms with van der Waals surface area (Å²) in [6.07, 6.45) is 1.66. The van der Waals surface area contributed by atoms with Crippen LogP contribution < -0.4 is 5.32 Å². The van der Waals surface area contributed by atoms with E-state index in [2.05, 4.69) is 12.2 Å². The van der Waals surface area contributed by atoms with E-state index < -0.39 is 6.10 Å². The van der Waals surface area contributed by atoms with E-state index in [0.29, 0.717) is 18.5 Å². The van der Waals surface area contributed by atoms with Gasteiger partial charge >= 0.3 is 0 Å². The molecule has 3 heteroatoms. The fourth-order valence-electron chi connectivity index (χ4n) is 3.45. The van der Waals surface area contributed by atoms with Crippen LogP contribution in [0.15, 0.2) is 78.9 Å². The summed E-state index contributed by atoms with van der Waals surface area (Å²) in [6, 6.07) is 25.7. The van der Waals surface area contributed by atoms with Crippen LogP contribution in [0.5, 0.6) is 0 Å². The lowest BCUT2D eigenvalue weighted by molar-refractivity contribution is 0.0949. The minimum absolute atomic E-state index is 0.109. The Bertz CT molecular complexity index is 891. The average molecular weight is 373 g/mol. The SMILES string of the molecule is CCCC(O)Cc1cccc(-c2ccccc2)c1C(=O)NCc1ccccc1. The standard InChI is InChI=1S/C25H27NO2/c1-2-10-22(27)17-21-15-9-16-23(20-13-7-4-8-14-20)24(21)25(28)26-18-19-11-5-3-6-12-19/h3-9,11-16,22,27H,2,10,17-18H2,1H3,(H,26,28). The normalized spacial score (nSPS) is 11.8. The van der Waals surface area contributed by atoms with E-state index in [9.17, 15) is 9.90 Å². The van der Waals surface area contributed by atoms with Gasteiger partial charge in [0.05, 0.1) is 11.7 Å². The van der Waals surface area contributed by atoms with Gasteiger partial charge in [-0.1, -0.05) is 92.2 Å². The van der Waals surface area contributed by atoms with Gasteiger partial charge < -0.3 is 10.4 Å². The zero-order chi connectivity index (χ0) is 19.8. The molecule has 3 aromatic rings. The third-order valence-electron chi connectivity index (χ3n) is 4.84. The summed E-state index contributed by atoms with van der Waals surface area (Å²) >= 11 is 0. The molecule has 28 heavy (non-hydrogen) atoms. The van der Waals surface area contributed by atoms with Crippen LogP contribution >= 0.6 is 0 Å². The summed E-state index contributed by atoms with van der Waals surface area (Å²) in [5, 5.41) is 13.4. The third kappa shape index (κ3) is 5.08. The van der Waals surface area contributed by atoms with Gasteiger partial charge in [0.25, 0.3) is 5.91 Å². The number of carbonyl (C=O) groups is 1. The van der Waals surface area contributed by atoms with Crippen LogP contribution in [-0.4, -0.2) is 17.1 Å². The lowest BCUT2D eigenvalue weighted by Crippen LogP contribution is -2.26. The highest BCUT2D eigenvalue weighted by molar-refractivity contribution is 6.02. The highest BCUT2D eigenvalue weighted by Gasteiger charge is 2.19. The zero-order valence-corrected chi connectivity index (χ0v) is 16.3. The van der Waals surface area contributed by atoms with E-state index >= 15 is 0 Å². The van der Waals surface area contributed by atoms with E-state index in [-0.39, 0.29) is 5.91 Å². The van der Waals surface area contributed by atoms with Crippen molar-refractivity contribution in [1.82, 2.24) is 5.32 Å². The number of aliphatic hydroxyl groups excluding tert-OH is 1. The summed E-state index contributed by atoms with van der Waals surface area (Å²) < 4.78 is 0. The Hall–Kier alpha value is -2.91. The van der Waals surface area contributed by atoms with E-state index in [1.165, 1.54) is 0 Å². The van der Waals surface area contributed by atoms with Gasteiger partial charge in [0.2, 0.25) is 0 Å². The van der Waals surface area contributed by atoms with Crippen molar-refractivity contribution in [2.45, 2.75) is 38.8 Å². The number of aliphatic hydroxyl groups is 1. The molecule has 144 valence electrons. The average Bonchev–Trinajstić information content (AvgIpc) is 2.73. The number of carbonyl (C=O) groups excluding carboxylic acids is 1. The molecule has 0 spiro atoms. The Morgan fingerprint density at radius 1 is 0.929 bits per heavy atom. The summed E-state index contributed by atoms with van der Waals surface area (Å²) in [4.78, 5) is 13.2. The fraction of sp³-hybridized carbons (Fsp3) is 0.240. The number of amides is 1. The second-order valence-corrected chi connectivity index (χ2v) is 7.02. The van der Waals surface area contributed by atoms with Crippen LogP contribution in [0, 0.1) is 0 Å². The molecule has 0 aliphatic rings. The maximum absolute atomic E-state index is 13.2. The minimum atomic E-state index is -0.448. The number of nitrogens with one attached hydrogen (secondary N) is 1. The van der Waals surface area contributed by atoms with E-state index in [0.717, 1.165) is 35.1 Å². The van der Waals surface area contributed by atoms with E-state index in [1.807, 2.05) is 78.9 Å².